The van der Waals surface area contributed by atoms with Gasteiger partial charge in [0.1, 0.15) is 6.04 Å². The van der Waals surface area contributed by atoms with Crippen LogP contribution in [0.3, 0.4) is 0 Å². The zero-order chi connectivity index (χ0) is 21.9. The summed E-state index contributed by atoms with van der Waals surface area (Å²) in [4.78, 5) is 27.7. The highest BCUT2D eigenvalue weighted by atomic mass is 35.5. The first-order valence-corrected chi connectivity index (χ1v) is 11.9. The van der Waals surface area contributed by atoms with Crippen LogP contribution >= 0.6 is 23.4 Å². The fourth-order valence-electron chi connectivity index (χ4n) is 3.09. The van der Waals surface area contributed by atoms with Gasteiger partial charge in [0.15, 0.2) is 0 Å². The Morgan fingerprint density at radius 2 is 1.77 bits per heavy atom. The second-order valence-electron chi connectivity index (χ2n) is 7.69. The zero-order valence-electron chi connectivity index (χ0n) is 17.9. The van der Waals surface area contributed by atoms with Gasteiger partial charge in [-0.15, -0.1) is 11.8 Å². The number of amides is 2. The fourth-order valence-corrected chi connectivity index (χ4v) is 4.16. The molecule has 2 aromatic rings. The lowest BCUT2D eigenvalue weighted by atomic mass is 10.1. The number of hydrogen-bond donors (Lipinski definition) is 1. The molecule has 2 rings (SSSR count). The number of carbonyl (C=O) groups excluding carboxylic acids is 2. The van der Waals surface area contributed by atoms with Gasteiger partial charge in [0, 0.05) is 23.9 Å². The van der Waals surface area contributed by atoms with Gasteiger partial charge in [-0.1, -0.05) is 74.8 Å². The molecule has 0 fully saturated rings. The lowest BCUT2D eigenvalue weighted by Crippen LogP contribution is -2.50. The van der Waals surface area contributed by atoms with Crippen molar-refractivity contribution in [1.29, 1.82) is 0 Å². The summed E-state index contributed by atoms with van der Waals surface area (Å²) in [5.74, 6) is 1.25. The van der Waals surface area contributed by atoms with E-state index in [1.807, 2.05) is 61.5 Å². The number of nitrogens with zero attached hydrogens (tertiary/aromatic N) is 1. The Morgan fingerprint density at radius 3 is 2.40 bits per heavy atom. The lowest BCUT2D eigenvalue weighted by molar-refractivity contribution is -0.139. The molecule has 2 amide bonds. The monoisotopic (exact) mass is 446 g/mol. The minimum atomic E-state index is -0.483. The summed E-state index contributed by atoms with van der Waals surface area (Å²) in [6.07, 6.45) is 0.571. The second kappa shape index (κ2) is 12.7. The van der Waals surface area contributed by atoms with Gasteiger partial charge in [0.2, 0.25) is 11.8 Å². The maximum atomic E-state index is 13.1. The van der Waals surface area contributed by atoms with Crippen molar-refractivity contribution >= 4 is 35.2 Å². The first-order valence-electron chi connectivity index (χ1n) is 10.3. The number of benzene rings is 2. The highest BCUT2D eigenvalue weighted by Crippen LogP contribution is 2.19. The molecule has 1 N–H and O–H groups in total. The molecule has 162 valence electrons. The Labute approximate surface area is 189 Å². The van der Waals surface area contributed by atoms with Gasteiger partial charge in [-0.05, 0) is 35.6 Å². The van der Waals surface area contributed by atoms with Crippen molar-refractivity contribution in [2.45, 2.75) is 45.5 Å². The molecule has 0 bridgehead atoms. The van der Waals surface area contributed by atoms with E-state index in [1.54, 1.807) is 4.90 Å². The van der Waals surface area contributed by atoms with Crippen molar-refractivity contribution < 1.29 is 9.59 Å². The summed E-state index contributed by atoms with van der Waals surface area (Å²) in [6.45, 7) is 7.09. The smallest absolute Gasteiger partial charge is 0.242 e. The molecule has 30 heavy (non-hydrogen) atoms. The molecule has 0 aliphatic carbocycles. The van der Waals surface area contributed by atoms with Crippen molar-refractivity contribution in [1.82, 2.24) is 10.2 Å². The van der Waals surface area contributed by atoms with Gasteiger partial charge in [0.25, 0.3) is 0 Å². The first kappa shape index (κ1) is 24.3. The van der Waals surface area contributed by atoms with Crippen LogP contribution in [0.15, 0.2) is 54.6 Å². The molecule has 6 heteroatoms. The van der Waals surface area contributed by atoms with E-state index in [9.17, 15) is 9.59 Å². The van der Waals surface area contributed by atoms with Gasteiger partial charge >= 0.3 is 0 Å². The molecule has 2 aromatic carbocycles. The highest BCUT2D eigenvalue weighted by molar-refractivity contribution is 7.99. The number of carbonyl (C=O) groups is 2. The zero-order valence-corrected chi connectivity index (χ0v) is 19.5. The Balaban J connectivity index is 2.08. The van der Waals surface area contributed by atoms with Crippen LogP contribution in [0.4, 0.5) is 0 Å². The van der Waals surface area contributed by atoms with Gasteiger partial charge < -0.3 is 10.2 Å². The van der Waals surface area contributed by atoms with Crippen LogP contribution < -0.4 is 5.32 Å². The first-order chi connectivity index (χ1) is 14.4. The summed E-state index contributed by atoms with van der Waals surface area (Å²) in [5, 5.41) is 3.68. The molecule has 4 nitrogen and oxygen atoms in total. The molecule has 0 saturated carbocycles. The topological polar surface area (TPSA) is 49.4 Å². The Morgan fingerprint density at radius 1 is 1.07 bits per heavy atom. The summed E-state index contributed by atoms with van der Waals surface area (Å²) >= 11 is 7.58. The Hall–Kier alpha value is -1.98. The number of hydrogen-bond acceptors (Lipinski definition) is 3. The maximum Gasteiger partial charge on any atom is 0.242 e. The third kappa shape index (κ3) is 8.04. The van der Waals surface area contributed by atoms with Gasteiger partial charge in [-0.3, -0.25) is 9.59 Å². The molecule has 1 unspecified atom stereocenters. The highest BCUT2D eigenvalue weighted by Gasteiger charge is 2.28. The van der Waals surface area contributed by atoms with Crippen LogP contribution in [0.25, 0.3) is 0 Å². The molecule has 0 radical (unpaired) electrons. The summed E-state index contributed by atoms with van der Waals surface area (Å²) in [5.41, 5.74) is 2.09. The standard InChI is InChI=1S/C24H31ClN2O2S/c1-4-22(24(29)26-14-18(2)3)27(15-19-9-6-5-7-10-19)23(28)17-30-16-20-11-8-12-21(25)13-20/h5-13,18,22H,4,14-17H2,1-3H3,(H,26,29). The van der Waals surface area contributed by atoms with Gasteiger partial charge in [0.05, 0.1) is 5.75 Å². The molecule has 0 saturated heterocycles. The SMILES string of the molecule is CCC(C(=O)NCC(C)C)N(Cc1ccccc1)C(=O)CSCc1cccc(Cl)c1. The molecule has 0 spiro atoms. The number of thioether (sulfide) groups is 1. The maximum absolute atomic E-state index is 13.1. The van der Waals surface area contributed by atoms with Crippen LogP contribution in [0.5, 0.6) is 0 Å². The van der Waals surface area contributed by atoms with Gasteiger partial charge in [-0.25, -0.2) is 0 Å². The van der Waals surface area contributed by atoms with E-state index in [0.29, 0.717) is 42.0 Å². The average Bonchev–Trinajstić information content (AvgIpc) is 2.72. The fraction of sp³-hybridized carbons (Fsp3) is 0.417. The Bertz CT molecular complexity index is 814. The van der Waals surface area contributed by atoms with Crippen molar-refractivity contribution in [3.05, 3.63) is 70.7 Å². The molecule has 1 atom stereocenters. The van der Waals surface area contributed by atoms with E-state index in [1.165, 1.54) is 11.8 Å². The van der Waals surface area contributed by atoms with Gasteiger partial charge in [-0.2, -0.15) is 0 Å². The minimum absolute atomic E-state index is 0.0302. The molecule has 0 aromatic heterocycles. The number of halogens is 1. The van der Waals surface area contributed by atoms with E-state index in [-0.39, 0.29) is 11.8 Å². The lowest BCUT2D eigenvalue weighted by Gasteiger charge is -2.31. The van der Waals surface area contributed by atoms with Crippen molar-refractivity contribution in [3.8, 4) is 0 Å². The van der Waals surface area contributed by atoms with Crippen LogP contribution in [-0.4, -0.2) is 35.1 Å². The van der Waals surface area contributed by atoms with E-state index < -0.39 is 6.04 Å². The van der Waals surface area contributed by atoms with Crippen LogP contribution in [0.2, 0.25) is 5.02 Å². The summed E-state index contributed by atoms with van der Waals surface area (Å²) < 4.78 is 0. The normalized spacial score (nSPS) is 11.9. The predicted octanol–water partition coefficient (Wildman–Crippen LogP) is 5.15. The molecular formula is C24H31ClN2O2S. The third-order valence-electron chi connectivity index (χ3n) is 4.65. The van der Waals surface area contributed by atoms with Crippen LogP contribution in [-0.2, 0) is 21.9 Å². The van der Waals surface area contributed by atoms with Crippen LogP contribution in [0, 0.1) is 5.92 Å². The molecule has 0 aliphatic rings. The van der Waals surface area contributed by atoms with E-state index >= 15 is 0 Å². The third-order valence-corrected chi connectivity index (χ3v) is 5.87. The minimum Gasteiger partial charge on any atom is -0.354 e. The number of rotatable bonds is 11. The van der Waals surface area contributed by atoms with E-state index in [4.69, 9.17) is 11.6 Å². The van der Waals surface area contributed by atoms with Crippen molar-refractivity contribution in [3.63, 3.8) is 0 Å². The Kier molecular flexibility index (Phi) is 10.2. The van der Waals surface area contributed by atoms with E-state index in [2.05, 4.69) is 19.2 Å². The molecule has 0 aliphatic heterocycles. The second-order valence-corrected chi connectivity index (χ2v) is 9.12. The van der Waals surface area contributed by atoms with Crippen LogP contribution in [0.1, 0.15) is 38.3 Å². The van der Waals surface area contributed by atoms with E-state index in [0.717, 1.165) is 11.1 Å². The van der Waals surface area contributed by atoms with Crippen molar-refractivity contribution in [2.24, 2.45) is 5.92 Å². The summed E-state index contributed by atoms with van der Waals surface area (Å²) in [6, 6.07) is 17.0. The largest absolute Gasteiger partial charge is 0.354 e. The predicted molar refractivity (Wildman–Crippen MR) is 127 cm³/mol. The quantitative estimate of drug-likeness (QED) is 0.519. The number of nitrogens with one attached hydrogen (secondary N) is 1. The molecular weight excluding hydrogens is 416 g/mol. The average molecular weight is 447 g/mol. The van der Waals surface area contributed by atoms with Crippen molar-refractivity contribution in [2.75, 3.05) is 12.3 Å². The molecule has 0 heterocycles. The summed E-state index contributed by atoms with van der Waals surface area (Å²) in [7, 11) is 0.